The fraction of sp³-hybridized carbons (Fsp3) is 0.314. The Kier molecular flexibility index (Phi) is 11.6. The third kappa shape index (κ3) is 8.78. The third-order valence-electron chi connectivity index (χ3n) is 8.05. The molecule has 1 saturated heterocycles. The van der Waals surface area contributed by atoms with E-state index in [0.717, 1.165) is 5.56 Å². The van der Waals surface area contributed by atoms with Crippen molar-refractivity contribution in [2.45, 2.75) is 45.2 Å². The molecule has 2 atom stereocenters. The number of hydrogen-bond acceptors (Lipinski definition) is 9. The topological polar surface area (TPSA) is 171 Å². The van der Waals surface area contributed by atoms with E-state index in [-0.39, 0.29) is 63.3 Å². The lowest BCUT2D eigenvalue weighted by Crippen LogP contribution is -2.69. The number of urea groups is 1. The molecule has 14 nitrogen and oxygen atoms in total. The van der Waals surface area contributed by atoms with Gasteiger partial charge in [-0.2, -0.15) is 0 Å². The highest BCUT2D eigenvalue weighted by Gasteiger charge is 2.43. The van der Waals surface area contributed by atoms with Crippen molar-refractivity contribution in [2.75, 3.05) is 26.2 Å². The summed E-state index contributed by atoms with van der Waals surface area (Å²) < 4.78 is 6.51. The number of phenolic OH excluding ortho intramolecular Hbond substituents is 1. The molecular weight excluding hydrogens is 628 g/mol. The smallest absolute Gasteiger partial charge is 0.327 e. The van der Waals surface area contributed by atoms with Crippen LogP contribution in [0.15, 0.2) is 85.5 Å². The molecule has 49 heavy (non-hydrogen) atoms. The number of ether oxygens (including phenoxy) is 1. The highest BCUT2D eigenvalue weighted by Crippen LogP contribution is 2.25. The van der Waals surface area contributed by atoms with Gasteiger partial charge in [-0.3, -0.25) is 14.4 Å². The van der Waals surface area contributed by atoms with Crippen molar-refractivity contribution in [3.05, 3.63) is 102 Å². The van der Waals surface area contributed by atoms with Crippen LogP contribution in [0.2, 0.25) is 0 Å². The number of rotatable bonds is 14. The third-order valence-corrected chi connectivity index (χ3v) is 8.05. The zero-order valence-corrected chi connectivity index (χ0v) is 27.2. The first-order valence-corrected chi connectivity index (χ1v) is 16.0. The summed E-state index contributed by atoms with van der Waals surface area (Å²) in [5.41, 5.74) is 3.38. The van der Waals surface area contributed by atoms with Gasteiger partial charge in [-0.05, 0) is 36.2 Å². The summed E-state index contributed by atoms with van der Waals surface area (Å²) in [6.07, 6.45) is 0.861. The van der Waals surface area contributed by atoms with E-state index >= 15 is 0 Å². The fourth-order valence-corrected chi connectivity index (χ4v) is 5.76. The van der Waals surface area contributed by atoms with Crippen LogP contribution >= 0.6 is 0 Å². The Balaban J connectivity index is 1.46. The summed E-state index contributed by atoms with van der Waals surface area (Å²) >= 11 is 0. The van der Waals surface area contributed by atoms with Gasteiger partial charge < -0.3 is 35.6 Å². The Hall–Kier alpha value is -5.76. The van der Waals surface area contributed by atoms with Crippen LogP contribution in [0.3, 0.4) is 0 Å². The Labute approximate surface area is 283 Å². The number of hydrogen-bond donors (Lipinski definition) is 4. The number of fused-ring (bicyclic) bond motifs is 1. The van der Waals surface area contributed by atoms with Crippen LogP contribution in [-0.4, -0.2) is 92.2 Å². The molecule has 4 N–H and O–H groups in total. The Morgan fingerprint density at radius 1 is 1.04 bits per heavy atom. The summed E-state index contributed by atoms with van der Waals surface area (Å²) in [6, 6.07) is 19.7. The van der Waals surface area contributed by atoms with Crippen molar-refractivity contribution in [3.63, 3.8) is 0 Å². The maximum absolute atomic E-state index is 14.4. The molecule has 3 aromatic carbocycles. The second-order valence-electron chi connectivity index (χ2n) is 11.5. The lowest BCUT2D eigenvalue weighted by Gasteiger charge is -2.46. The monoisotopic (exact) mass is 668 g/mol. The van der Waals surface area contributed by atoms with Crippen LogP contribution in [-0.2, 0) is 45.2 Å². The number of nitrogens with one attached hydrogen (secondary N) is 3. The first-order chi connectivity index (χ1) is 23.8. The van der Waals surface area contributed by atoms with Crippen molar-refractivity contribution in [1.82, 2.24) is 40.7 Å². The van der Waals surface area contributed by atoms with E-state index in [4.69, 9.17) is 4.74 Å². The van der Waals surface area contributed by atoms with Gasteiger partial charge in [0.15, 0.2) is 0 Å². The molecule has 2 heterocycles. The van der Waals surface area contributed by atoms with Gasteiger partial charge in [0.25, 0.3) is 0 Å². The number of esters is 1. The van der Waals surface area contributed by atoms with Gasteiger partial charge in [0, 0.05) is 31.6 Å². The van der Waals surface area contributed by atoms with Crippen molar-refractivity contribution >= 4 is 34.8 Å². The number of amides is 4. The molecule has 0 unspecified atom stereocenters. The van der Waals surface area contributed by atoms with Crippen molar-refractivity contribution in [3.8, 4) is 5.75 Å². The Morgan fingerprint density at radius 3 is 2.55 bits per heavy atom. The van der Waals surface area contributed by atoms with Crippen LogP contribution in [0, 0.1) is 0 Å². The number of aromatic hydroxyl groups is 1. The second kappa shape index (κ2) is 16.4. The molecule has 0 spiro atoms. The molecule has 256 valence electrons. The van der Waals surface area contributed by atoms with Gasteiger partial charge in [-0.1, -0.05) is 65.9 Å². The maximum atomic E-state index is 14.4. The fourth-order valence-electron chi connectivity index (χ4n) is 5.76. The summed E-state index contributed by atoms with van der Waals surface area (Å²) in [7, 11) is 0. The molecule has 4 aromatic rings. The molecule has 1 aliphatic heterocycles. The van der Waals surface area contributed by atoms with Crippen molar-refractivity contribution in [2.24, 2.45) is 0 Å². The minimum Gasteiger partial charge on any atom is -0.508 e. The first-order valence-electron chi connectivity index (χ1n) is 16.0. The van der Waals surface area contributed by atoms with E-state index in [1.165, 1.54) is 21.7 Å². The highest BCUT2D eigenvalue weighted by molar-refractivity contribution is 5.91. The number of carbonyl (C=O) groups excluding carboxylic acids is 4. The number of benzene rings is 3. The molecule has 1 aliphatic rings. The van der Waals surface area contributed by atoms with Gasteiger partial charge in [0.2, 0.25) is 11.8 Å². The molecule has 1 fully saturated rings. The minimum absolute atomic E-state index is 0.00971. The van der Waals surface area contributed by atoms with Gasteiger partial charge >= 0.3 is 12.0 Å². The van der Waals surface area contributed by atoms with Crippen LogP contribution in [0.4, 0.5) is 4.79 Å². The summed E-state index contributed by atoms with van der Waals surface area (Å²) in [5.74, 6) is -1.09. The van der Waals surface area contributed by atoms with E-state index in [0.29, 0.717) is 28.7 Å². The van der Waals surface area contributed by atoms with Gasteiger partial charge in [0.05, 0.1) is 25.2 Å². The first kappa shape index (κ1) is 34.6. The maximum Gasteiger partial charge on any atom is 0.327 e. The number of carbonyl (C=O) groups is 4. The molecular formula is C35H40N8O6. The summed E-state index contributed by atoms with van der Waals surface area (Å²) in [5, 5.41) is 27.1. The highest BCUT2D eigenvalue weighted by atomic mass is 16.5. The largest absolute Gasteiger partial charge is 0.508 e. The molecule has 0 bridgehead atoms. The SMILES string of the molecule is C=CCNCC(=O)N1[C@@H](NC(=O)NCc2ccccc2)CN(Cc2cccc3c2nnn3CC(=O)OCC)C(=O)[C@@H]1Cc1ccc(O)cc1. The van der Waals surface area contributed by atoms with E-state index in [2.05, 4.69) is 32.8 Å². The zero-order chi connectivity index (χ0) is 34.8. The van der Waals surface area contributed by atoms with Crippen LogP contribution in [0.1, 0.15) is 23.6 Å². The Morgan fingerprint density at radius 2 is 1.82 bits per heavy atom. The number of aromatic nitrogens is 3. The molecule has 5 rings (SSSR count). The second-order valence-corrected chi connectivity index (χ2v) is 11.5. The van der Waals surface area contributed by atoms with E-state index < -0.39 is 24.2 Å². The average molecular weight is 669 g/mol. The number of piperazine rings is 1. The lowest BCUT2D eigenvalue weighted by atomic mass is 9.99. The molecule has 4 amide bonds. The van der Waals surface area contributed by atoms with Crippen LogP contribution < -0.4 is 16.0 Å². The molecule has 1 aromatic heterocycles. The number of phenols is 1. The zero-order valence-electron chi connectivity index (χ0n) is 27.2. The van der Waals surface area contributed by atoms with Crippen molar-refractivity contribution < 1.29 is 29.0 Å². The predicted octanol–water partition coefficient (Wildman–Crippen LogP) is 2.08. The molecule has 14 heteroatoms. The van der Waals surface area contributed by atoms with Crippen LogP contribution in [0.25, 0.3) is 11.0 Å². The van der Waals surface area contributed by atoms with Crippen LogP contribution in [0.5, 0.6) is 5.75 Å². The van der Waals surface area contributed by atoms with Gasteiger partial charge in [-0.25, -0.2) is 9.48 Å². The van der Waals surface area contributed by atoms with E-state index in [1.807, 2.05) is 36.4 Å². The average Bonchev–Trinajstić information content (AvgIpc) is 3.50. The van der Waals surface area contributed by atoms with Gasteiger partial charge in [-0.15, -0.1) is 11.7 Å². The molecule has 0 aliphatic carbocycles. The van der Waals surface area contributed by atoms with Crippen molar-refractivity contribution in [1.29, 1.82) is 0 Å². The Bertz CT molecular complexity index is 1780. The normalized spacial score (nSPS) is 16.0. The van der Waals surface area contributed by atoms with E-state index in [9.17, 15) is 24.3 Å². The summed E-state index contributed by atoms with van der Waals surface area (Å²) in [4.78, 5) is 56.7. The quantitative estimate of drug-likeness (QED) is 0.0893. The summed E-state index contributed by atoms with van der Waals surface area (Å²) in [6.45, 7) is 6.17. The minimum atomic E-state index is -0.991. The lowest BCUT2D eigenvalue weighted by molar-refractivity contribution is -0.156. The van der Waals surface area contributed by atoms with E-state index in [1.54, 1.807) is 42.2 Å². The molecule has 0 saturated carbocycles. The van der Waals surface area contributed by atoms with Gasteiger partial charge in [0.1, 0.15) is 30.0 Å². The molecule has 0 radical (unpaired) electrons. The standard InChI is InChI=1S/C35H40N8O6/c1-3-17-36-20-31(45)43-29(18-24-13-15-27(44)16-14-24)34(47)41(22-30(43)38-35(48)37-19-25-9-6-5-7-10-25)21-26-11-8-12-28-33(26)39-40-42(28)23-32(46)49-4-2/h3,5-16,29-30,36,44H,1,4,17-23H2,2H3,(H2,37,38,48)/t29-,30+/m0/s1. The number of nitrogens with zero attached hydrogens (tertiary/aromatic N) is 5. The predicted molar refractivity (Wildman–Crippen MR) is 181 cm³/mol.